The van der Waals surface area contributed by atoms with Crippen LogP contribution in [0.3, 0.4) is 0 Å². The number of benzene rings is 1. The third kappa shape index (κ3) is 1.18. The zero-order valence-corrected chi connectivity index (χ0v) is 5.31. The van der Waals surface area contributed by atoms with E-state index < -0.39 is 0 Å². The molecule has 0 N–H and O–H groups in total. The lowest BCUT2D eigenvalue weighted by Gasteiger charge is -1.84. The fraction of sp³-hybridized carbons (Fsp3) is 0. The van der Waals surface area contributed by atoms with Crippen LogP contribution >= 0.6 is 8.86 Å². The van der Waals surface area contributed by atoms with Gasteiger partial charge in [0.1, 0.15) is 0 Å². The van der Waals surface area contributed by atoms with Crippen LogP contribution in [0.4, 0.5) is 0 Å². The third-order valence-corrected chi connectivity index (χ3v) is 1.25. The van der Waals surface area contributed by atoms with Gasteiger partial charge >= 0.3 is 0 Å². The summed E-state index contributed by atoms with van der Waals surface area (Å²) in [5.74, 6) is 1.78. The van der Waals surface area contributed by atoms with Crippen molar-refractivity contribution in [2.24, 2.45) is 0 Å². The van der Waals surface area contributed by atoms with E-state index in [0.717, 1.165) is 5.56 Å². The van der Waals surface area contributed by atoms with Gasteiger partial charge in [-0.15, -0.1) is 0 Å². The summed E-state index contributed by atoms with van der Waals surface area (Å²) in [6, 6.07) is 9.98. The van der Waals surface area contributed by atoms with E-state index >= 15 is 0 Å². The van der Waals surface area contributed by atoms with E-state index in [4.69, 9.17) is 0 Å². The molecule has 0 fully saturated rings. The Balaban J connectivity index is 2.99. The highest BCUT2D eigenvalue weighted by Gasteiger charge is 1.76. The molecule has 0 atom stereocenters. The molecule has 0 aliphatic heterocycles. The SMILES string of the molecule is [P]=Cc1ccccc1. The van der Waals surface area contributed by atoms with E-state index in [2.05, 4.69) is 8.86 Å². The largest absolute Gasteiger partial charge is 0.0622 e. The Kier molecular flexibility index (Phi) is 1.82. The monoisotopic (exact) mass is 121 g/mol. The molecule has 0 bridgehead atoms. The molecular formula is C7H6P. The molecule has 0 heterocycles. The molecule has 1 aromatic carbocycles. The van der Waals surface area contributed by atoms with Gasteiger partial charge in [0.2, 0.25) is 0 Å². The first-order valence-corrected chi connectivity index (χ1v) is 2.97. The Morgan fingerprint density at radius 3 is 2.12 bits per heavy atom. The minimum absolute atomic E-state index is 1.15. The summed E-state index contributed by atoms with van der Waals surface area (Å²) in [6.07, 6.45) is 0. The number of hydrogen-bond acceptors (Lipinski definition) is 0. The summed E-state index contributed by atoms with van der Waals surface area (Å²) in [6.45, 7) is 0. The molecule has 1 heteroatoms. The maximum Gasteiger partial charge on any atom is -0.0208 e. The smallest absolute Gasteiger partial charge is 0.0208 e. The summed E-state index contributed by atoms with van der Waals surface area (Å²) in [5.41, 5.74) is 1.15. The van der Waals surface area contributed by atoms with Crippen molar-refractivity contribution in [3.05, 3.63) is 35.9 Å². The molecule has 0 aliphatic rings. The van der Waals surface area contributed by atoms with Gasteiger partial charge in [0.15, 0.2) is 0 Å². The zero-order valence-electron chi connectivity index (χ0n) is 4.41. The molecular weight excluding hydrogens is 115 g/mol. The Hall–Kier alpha value is -0.610. The normalized spacial score (nSPS) is 8.50. The standard InChI is InChI=1S/C7H6P/c8-6-7-4-2-1-3-5-7/h1-6H. The van der Waals surface area contributed by atoms with Crippen molar-refractivity contribution in [2.45, 2.75) is 0 Å². The van der Waals surface area contributed by atoms with Crippen molar-refractivity contribution in [3.63, 3.8) is 0 Å². The second kappa shape index (κ2) is 2.64. The molecule has 0 aromatic heterocycles. The highest BCUT2D eigenvalue weighted by atomic mass is 31.0. The summed E-state index contributed by atoms with van der Waals surface area (Å²) in [7, 11) is 3.99. The summed E-state index contributed by atoms with van der Waals surface area (Å²) in [5, 5.41) is 0. The summed E-state index contributed by atoms with van der Waals surface area (Å²) in [4.78, 5) is 0. The fourth-order valence-corrected chi connectivity index (χ4v) is 0.711. The molecule has 0 saturated carbocycles. The van der Waals surface area contributed by atoms with E-state index in [1.54, 1.807) is 5.80 Å². The van der Waals surface area contributed by atoms with Gasteiger partial charge in [-0.2, -0.15) is 0 Å². The molecule has 8 heavy (non-hydrogen) atoms. The Labute approximate surface area is 51.4 Å². The average molecular weight is 121 g/mol. The van der Waals surface area contributed by atoms with E-state index in [0.29, 0.717) is 0 Å². The Bertz CT molecular complexity index is 167. The zero-order chi connectivity index (χ0) is 5.82. The molecule has 0 aliphatic carbocycles. The lowest BCUT2D eigenvalue weighted by Crippen LogP contribution is -1.71. The van der Waals surface area contributed by atoms with Crippen molar-refractivity contribution in [2.75, 3.05) is 0 Å². The molecule has 1 rings (SSSR count). The molecule has 0 unspecified atom stereocenters. The first kappa shape index (κ1) is 5.53. The highest BCUT2D eigenvalue weighted by Crippen LogP contribution is 1.93. The van der Waals surface area contributed by atoms with Crippen LogP contribution in [0, 0.1) is 0 Å². The molecule has 0 saturated heterocycles. The van der Waals surface area contributed by atoms with E-state index in [-0.39, 0.29) is 0 Å². The van der Waals surface area contributed by atoms with E-state index in [1.807, 2.05) is 30.3 Å². The van der Waals surface area contributed by atoms with Crippen LogP contribution in [-0.4, -0.2) is 5.80 Å². The second-order valence-electron chi connectivity index (χ2n) is 1.54. The minimum Gasteiger partial charge on any atom is -0.0622 e. The number of hydrogen-bond donors (Lipinski definition) is 0. The van der Waals surface area contributed by atoms with Crippen LogP contribution in [0.5, 0.6) is 0 Å². The first-order chi connectivity index (χ1) is 3.93. The maximum atomic E-state index is 3.99. The third-order valence-electron chi connectivity index (χ3n) is 0.949. The van der Waals surface area contributed by atoms with Crippen LogP contribution in [0.1, 0.15) is 5.56 Å². The molecule has 0 nitrogen and oxygen atoms in total. The van der Waals surface area contributed by atoms with E-state index in [1.165, 1.54) is 0 Å². The van der Waals surface area contributed by atoms with Gasteiger partial charge in [-0.05, 0) is 20.2 Å². The fourth-order valence-electron chi connectivity index (χ4n) is 0.539. The molecule has 0 spiro atoms. The Morgan fingerprint density at radius 2 is 1.75 bits per heavy atom. The topological polar surface area (TPSA) is 0 Å². The highest BCUT2D eigenvalue weighted by molar-refractivity contribution is 7.19. The molecule has 1 radical (unpaired) electrons. The maximum absolute atomic E-state index is 3.99. The van der Waals surface area contributed by atoms with Crippen LogP contribution < -0.4 is 0 Å². The molecule has 1 aromatic rings. The van der Waals surface area contributed by atoms with Crippen molar-refractivity contribution < 1.29 is 0 Å². The second-order valence-corrected chi connectivity index (χ2v) is 1.80. The lowest BCUT2D eigenvalue weighted by atomic mass is 10.2. The van der Waals surface area contributed by atoms with Gasteiger partial charge in [-0.25, -0.2) is 0 Å². The van der Waals surface area contributed by atoms with Crippen LogP contribution in [-0.2, 0) is 0 Å². The Morgan fingerprint density at radius 1 is 1.12 bits per heavy atom. The van der Waals surface area contributed by atoms with Gasteiger partial charge in [0.05, 0.1) is 0 Å². The molecule has 39 valence electrons. The predicted molar refractivity (Wildman–Crippen MR) is 38.5 cm³/mol. The minimum atomic E-state index is 1.15. The lowest BCUT2D eigenvalue weighted by molar-refractivity contribution is 1.69. The van der Waals surface area contributed by atoms with Gasteiger partial charge in [-0.3, -0.25) is 0 Å². The predicted octanol–water partition coefficient (Wildman–Crippen LogP) is 2.25. The quantitative estimate of drug-likeness (QED) is 0.500. The van der Waals surface area contributed by atoms with Crippen molar-refractivity contribution >= 4 is 14.7 Å². The van der Waals surface area contributed by atoms with Gasteiger partial charge in [0, 0.05) is 0 Å². The van der Waals surface area contributed by atoms with Crippen LogP contribution in [0.2, 0.25) is 0 Å². The molecule has 0 amide bonds. The van der Waals surface area contributed by atoms with E-state index in [9.17, 15) is 0 Å². The summed E-state index contributed by atoms with van der Waals surface area (Å²) < 4.78 is 0. The van der Waals surface area contributed by atoms with Crippen LogP contribution in [0.15, 0.2) is 30.3 Å². The first-order valence-electron chi connectivity index (χ1n) is 2.46. The van der Waals surface area contributed by atoms with Crippen molar-refractivity contribution in [3.8, 4) is 0 Å². The summed E-state index contributed by atoms with van der Waals surface area (Å²) >= 11 is 0. The number of rotatable bonds is 1. The van der Waals surface area contributed by atoms with Gasteiger partial charge in [0.25, 0.3) is 0 Å². The van der Waals surface area contributed by atoms with Gasteiger partial charge < -0.3 is 0 Å². The van der Waals surface area contributed by atoms with Crippen molar-refractivity contribution in [1.29, 1.82) is 0 Å². The van der Waals surface area contributed by atoms with Crippen molar-refractivity contribution in [1.82, 2.24) is 0 Å². The van der Waals surface area contributed by atoms with Gasteiger partial charge in [-0.1, -0.05) is 30.3 Å². The van der Waals surface area contributed by atoms with Crippen LogP contribution in [0.25, 0.3) is 0 Å². The average Bonchev–Trinajstić information content (AvgIpc) is 1.90.